The quantitative estimate of drug-likeness (QED) is 0.500. The zero-order valence-corrected chi connectivity index (χ0v) is 13.9. The van der Waals surface area contributed by atoms with E-state index < -0.39 is 4.92 Å². The molecule has 0 saturated carbocycles. The van der Waals surface area contributed by atoms with Crippen LogP contribution >= 0.6 is 12.2 Å². The number of rotatable bonds is 4. The fourth-order valence-corrected chi connectivity index (χ4v) is 2.30. The van der Waals surface area contributed by atoms with Crippen molar-refractivity contribution in [3.05, 3.63) is 57.6 Å². The number of methoxy groups -OCH3 is 1. The third kappa shape index (κ3) is 3.95. The molecule has 0 bridgehead atoms. The fraction of sp³-hybridized carbons (Fsp3) is 0.188. The second kappa shape index (κ2) is 7.06. The first-order valence-corrected chi connectivity index (χ1v) is 7.30. The highest BCUT2D eigenvalue weighted by molar-refractivity contribution is 7.80. The van der Waals surface area contributed by atoms with Crippen molar-refractivity contribution in [1.29, 1.82) is 0 Å². The Morgan fingerprint density at radius 2 is 1.74 bits per heavy atom. The van der Waals surface area contributed by atoms with E-state index >= 15 is 0 Å². The molecule has 0 atom stereocenters. The van der Waals surface area contributed by atoms with Crippen LogP contribution in [0.2, 0.25) is 0 Å². The maximum Gasteiger partial charge on any atom is 0.293 e. The van der Waals surface area contributed by atoms with Crippen molar-refractivity contribution in [2.75, 3.05) is 17.7 Å². The standard InChI is InChI=1S/C16H17N3O3S/c1-10-8-13(14(19(20)21)9-11(10)2)18-16(23)17-12-6-4-5-7-15(12)22-3/h4-9H,1-3H3,(H2,17,18,23). The van der Waals surface area contributed by atoms with Crippen molar-refractivity contribution in [2.24, 2.45) is 0 Å². The molecular weight excluding hydrogens is 314 g/mol. The van der Waals surface area contributed by atoms with Crippen LogP contribution in [0.5, 0.6) is 5.75 Å². The highest BCUT2D eigenvalue weighted by atomic mass is 32.1. The molecule has 0 aromatic heterocycles. The van der Waals surface area contributed by atoms with Gasteiger partial charge in [-0.25, -0.2) is 0 Å². The summed E-state index contributed by atoms with van der Waals surface area (Å²) in [7, 11) is 1.56. The zero-order valence-electron chi connectivity index (χ0n) is 13.0. The zero-order chi connectivity index (χ0) is 17.0. The highest BCUT2D eigenvalue weighted by Crippen LogP contribution is 2.29. The third-order valence-corrected chi connectivity index (χ3v) is 3.62. The topological polar surface area (TPSA) is 76.4 Å². The maximum absolute atomic E-state index is 11.2. The molecular formula is C16H17N3O3S. The maximum atomic E-state index is 11.2. The molecule has 0 aliphatic carbocycles. The van der Waals surface area contributed by atoms with Crippen molar-refractivity contribution in [1.82, 2.24) is 0 Å². The van der Waals surface area contributed by atoms with Gasteiger partial charge in [0.25, 0.3) is 5.69 Å². The Morgan fingerprint density at radius 1 is 1.13 bits per heavy atom. The van der Waals surface area contributed by atoms with Gasteiger partial charge in [0.05, 0.1) is 17.7 Å². The number of nitro benzene ring substituents is 1. The number of hydrogen-bond acceptors (Lipinski definition) is 4. The number of benzene rings is 2. The molecule has 0 amide bonds. The summed E-state index contributed by atoms with van der Waals surface area (Å²) in [5.74, 6) is 0.631. The molecule has 0 spiro atoms. The van der Waals surface area contributed by atoms with E-state index in [9.17, 15) is 10.1 Å². The first-order chi connectivity index (χ1) is 10.9. The van der Waals surface area contributed by atoms with Crippen LogP contribution in [0, 0.1) is 24.0 Å². The Bertz CT molecular complexity index is 762. The molecule has 0 aliphatic rings. The van der Waals surface area contributed by atoms with Gasteiger partial charge >= 0.3 is 0 Å². The van der Waals surface area contributed by atoms with Crippen LogP contribution < -0.4 is 15.4 Å². The monoisotopic (exact) mass is 331 g/mol. The molecule has 0 radical (unpaired) electrons. The lowest BCUT2D eigenvalue weighted by Gasteiger charge is -2.14. The van der Waals surface area contributed by atoms with E-state index in [1.165, 1.54) is 6.07 Å². The Labute approximate surface area is 139 Å². The first kappa shape index (κ1) is 16.7. The number of anilines is 2. The van der Waals surface area contributed by atoms with Gasteiger partial charge in [-0.15, -0.1) is 0 Å². The Kier molecular flexibility index (Phi) is 5.13. The Hall–Kier alpha value is -2.67. The number of aryl methyl sites for hydroxylation is 2. The number of nitro groups is 1. The molecule has 2 aromatic rings. The lowest BCUT2D eigenvalue weighted by Crippen LogP contribution is -2.20. The molecule has 0 aliphatic heterocycles. The SMILES string of the molecule is COc1ccccc1NC(=S)Nc1cc(C)c(C)cc1[N+](=O)[O-]. The number of nitrogens with zero attached hydrogens (tertiary/aromatic N) is 1. The van der Waals surface area contributed by atoms with E-state index in [0.29, 0.717) is 17.1 Å². The first-order valence-electron chi connectivity index (χ1n) is 6.89. The third-order valence-electron chi connectivity index (χ3n) is 3.41. The fourth-order valence-electron chi connectivity index (χ4n) is 2.08. The van der Waals surface area contributed by atoms with E-state index in [0.717, 1.165) is 11.1 Å². The van der Waals surface area contributed by atoms with E-state index in [4.69, 9.17) is 17.0 Å². The normalized spacial score (nSPS) is 10.0. The predicted octanol–water partition coefficient (Wildman–Crippen LogP) is 4.03. The van der Waals surface area contributed by atoms with E-state index in [1.54, 1.807) is 19.2 Å². The van der Waals surface area contributed by atoms with Crippen LogP contribution in [0.25, 0.3) is 0 Å². The minimum Gasteiger partial charge on any atom is -0.495 e. The van der Waals surface area contributed by atoms with Gasteiger partial charge in [0.2, 0.25) is 0 Å². The van der Waals surface area contributed by atoms with Gasteiger partial charge in [0.1, 0.15) is 11.4 Å². The van der Waals surface area contributed by atoms with Gasteiger partial charge in [0, 0.05) is 6.07 Å². The Balaban J connectivity index is 2.23. The summed E-state index contributed by atoms with van der Waals surface area (Å²) in [4.78, 5) is 10.8. The summed E-state index contributed by atoms with van der Waals surface area (Å²) >= 11 is 5.25. The average molecular weight is 331 g/mol. The van der Waals surface area contributed by atoms with Crippen molar-refractivity contribution in [2.45, 2.75) is 13.8 Å². The number of para-hydroxylation sites is 2. The van der Waals surface area contributed by atoms with Crippen molar-refractivity contribution in [3.63, 3.8) is 0 Å². The van der Waals surface area contributed by atoms with Gasteiger partial charge in [0.15, 0.2) is 5.11 Å². The number of thiocarbonyl (C=S) groups is 1. The van der Waals surface area contributed by atoms with Crippen LogP contribution in [0.3, 0.4) is 0 Å². The van der Waals surface area contributed by atoms with Crippen molar-refractivity contribution in [3.8, 4) is 5.75 Å². The molecule has 0 unspecified atom stereocenters. The molecule has 2 N–H and O–H groups in total. The summed E-state index contributed by atoms with van der Waals surface area (Å²) in [5.41, 5.74) is 2.81. The van der Waals surface area contributed by atoms with Crippen molar-refractivity contribution < 1.29 is 9.66 Å². The summed E-state index contributed by atoms with van der Waals surface area (Å²) in [6.45, 7) is 3.72. The van der Waals surface area contributed by atoms with Crippen LogP contribution in [-0.4, -0.2) is 17.1 Å². The van der Waals surface area contributed by atoms with E-state index in [2.05, 4.69) is 10.6 Å². The molecule has 2 aromatic carbocycles. The van der Waals surface area contributed by atoms with Crippen LogP contribution in [0.1, 0.15) is 11.1 Å². The molecule has 120 valence electrons. The Morgan fingerprint density at radius 3 is 2.39 bits per heavy atom. The van der Waals surface area contributed by atoms with Gasteiger partial charge < -0.3 is 15.4 Å². The summed E-state index contributed by atoms with van der Waals surface area (Å²) < 4.78 is 5.24. The molecule has 7 heteroatoms. The van der Waals surface area contributed by atoms with Gasteiger partial charge in [-0.1, -0.05) is 12.1 Å². The van der Waals surface area contributed by atoms with Crippen LogP contribution in [0.15, 0.2) is 36.4 Å². The van der Waals surface area contributed by atoms with Crippen LogP contribution in [-0.2, 0) is 0 Å². The summed E-state index contributed by atoms with van der Waals surface area (Å²) in [6.07, 6.45) is 0. The largest absolute Gasteiger partial charge is 0.495 e. The summed E-state index contributed by atoms with van der Waals surface area (Å²) in [6, 6.07) is 10.5. The lowest BCUT2D eigenvalue weighted by molar-refractivity contribution is -0.384. The predicted molar refractivity (Wildman–Crippen MR) is 95.4 cm³/mol. The highest BCUT2D eigenvalue weighted by Gasteiger charge is 2.16. The van der Waals surface area contributed by atoms with E-state index in [-0.39, 0.29) is 10.8 Å². The lowest BCUT2D eigenvalue weighted by atomic mass is 10.1. The van der Waals surface area contributed by atoms with Crippen molar-refractivity contribution >= 4 is 34.4 Å². The molecule has 23 heavy (non-hydrogen) atoms. The number of nitrogens with one attached hydrogen (secondary N) is 2. The second-order valence-electron chi connectivity index (χ2n) is 4.99. The molecule has 6 nitrogen and oxygen atoms in total. The minimum absolute atomic E-state index is 0.0164. The minimum atomic E-state index is -0.430. The smallest absolute Gasteiger partial charge is 0.293 e. The van der Waals surface area contributed by atoms with E-state index in [1.807, 2.05) is 32.0 Å². The summed E-state index contributed by atoms with van der Waals surface area (Å²) in [5, 5.41) is 17.3. The van der Waals surface area contributed by atoms with Gasteiger partial charge in [-0.05, 0) is 55.4 Å². The average Bonchev–Trinajstić information content (AvgIpc) is 2.50. The van der Waals surface area contributed by atoms with Crippen LogP contribution in [0.4, 0.5) is 17.1 Å². The molecule has 0 fully saturated rings. The van der Waals surface area contributed by atoms with Gasteiger partial charge in [-0.2, -0.15) is 0 Å². The van der Waals surface area contributed by atoms with Gasteiger partial charge in [-0.3, -0.25) is 10.1 Å². The molecule has 2 rings (SSSR count). The molecule has 0 heterocycles. The number of hydrogen-bond donors (Lipinski definition) is 2. The second-order valence-corrected chi connectivity index (χ2v) is 5.40. The molecule has 0 saturated heterocycles. The number of ether oxygens (including phenoxy) is 1.